The number of carbonyl (C=O) groups excluding carboxylic acids is 2. The summed E-state index contributed by atoms with van der Waals surface area (Å²) in [6.07, 6.45) is 1.95. The quantitative estimate of drug-likeness (QED) is 0.778. The Morgan fingerprint density at radius 1 is 1.15 bits per heavy atom. The summed E-state index contributed by atoms with van der Waals surface area (Å²) < 4.78 is 0. The number of carbonyl (C=O) groups is 2. The molecule has 2 amide bonds. The average molecular weight is 359 g/mol. The molecule has 27 heavy (non-hydrogen) atoms. The molecule has 0 spiro atoms. The van der Waals surface area contributed by atoms with Crippen molar-refractivity contribution in [1.29, 1.82) is 0 Å². The van der Waals surface area contributed by atoms with Gasteiger partial charge in [-0.3, -0.25) is 14.6 Å². The Kier molecular flexibility index (Phi) is 4.59. The Hall–Kier alpha value is -3.21. The normalized spacial score (nSPS) is 16.7. The Morgan fingerprint density at radius 2 is 1.96 bits per heavy atom. The van der Waals surface area contributed by atoms with Gasteiger partial charge in [0.15, 0.2) is 0 Å². The lowest BCUT2D eigenvalue weighted by molar-refractivity contribution is -0.126. The molecule has 1 atom stereocenters. The standard InChI is InChI=1S/C22H21N3O2/c1-15-6-2-3-7-17(15)13-24-22(27)18-12-20(26)25(14-18)19-10-4-8-16-9-5-11-23-21(16)19/h2-11,18H,12-14H2,1H3,(H,24,27). The van der Waals surface area contributed by atoms with Crippen LogP contribution in [0.1, 0.15) is 17.5 Å². The van der Waals surface area contributed by atoms with Crippen LogP contribution in [-0.2, 0) is 16.1 Å². The number of pyridine rings is 1. The molecule has 4 rings (SSSR count). The molecule has 3 aromatic rings. The van der Waals surface area contributed by atoms with Crippen molar-refractivity contribution in [3.8, 4) is 0 Å². The van der Waals surface area contributed by atoms with Crippen LogP contribution in [0.15, 0.2) is 60.8 Å². The summed E-state index contributed by atoms with van der Waals surface area (Å²) in [7, 11) is 0. The molecule has 1 saturated heterocycles. The number of fused-ring (bicyclic) bond motifs is 1. The van der Waals surface area contributed by atoms with Crippen LogP contribution in [-0.4, -0.2) is 23.3 Å². The number of amides is 2. The number of nitrogens with zero attached hydrogens (tertiary/aromatic N) is 2. The lowest BCUT2D eigenvalue weighted by Crippen LogP contribution is -2.32. The van der Waals surface area contributed by atoms with Gasteiger partial charge in [-0.15, -0.1) is 0 Å². The first-order chi connectivity index (χ1) is 13.1. The van der Waals surface area contributed by atoms with Crippen molar-refractivity contribution in [2.75, 3.05) is 11.4 Å². The highest BCUT2D eigenvalue weighted by atomic mass is 16.2. The topological polar surface area (TPSA) is 62.3 Å². The van der Waals surface area contributed by atoms with E-state index < -0.39 is 0 Å². The first-order valence-corrected chi connectivity index (χ1v) is 9.10. The summed E-state index contributed by atoms with van der Waals surface area (Å²) in [5, 5.41) is 3.96. The fourth-order valence-electron chi connectivity index (χ4n) is 3.56. The lowest BCUT2D eigenvalue weighted by atomic mass is 10.1. The van der Waals surface area contributed by atoms with Crippen molar-refractivity contribution in [1.82, 2.24) is 10.3 Å². The van der Waals surface area contributed by atoms with Crippen LogP contribution in [0, 0.1) is 12.8 Å². The number of anilines is 1. The van der Waals surface area contributed by atoms with Gasteiger partial charge in [-0.1, -0.05) is 42.5 Å². The van der Waals surface area contributed by atoms with Crippen molar-refractivity contribution < 1.29 is 9.59 Å². The summed E-state index contributed by atoms with van der Waals surface area (Å²) in [6, 6.07) is 17.6. The molecule has 5 heteroatoms. The van der Waals surface area contributed by atoms with Crippen molar-refractivity contribution >= 4 is 28.4 Å². The average Bonchev–Trinajstić information content (AvgIpc) is 3.08. The minimum Gasteiger partial charge on any atom is -0.352 e. The predicted octanol–water partition coefficient (Wildman–Crippen LogP) is 3.21. The Labute approximate surface area is 158 Å². The van der Waals surface area contributed by atoms with Gasteiger partial charge in [-0.05, 0) is 30.2 Å². The van der Waals surface area contributed by atoms with Crippen LogP contribution < -0.4 is 10.2 Å². The Bertz CT molecular complexity index is 1010. The van der Waals surface area contributed by atoms with E-state index in [-0.39, 0.29) is 24.2 Å². The molecule has 1 aliphatic rings. The van der Waals surface area contributed by atoms with Gasteiger partial charge in [0.25, 0.3) is 0 Å². The van der Waals surface area contributed by atoms with Gasteiger partial charge in [0.1, 0.15) is 0 Å². The third-order valence-electron chi connectivity index (χ3n) is 5.11. The second-order valence-electron chi connectivity index (χ2n) is 6.90. The van der Waals surface area contributed by atoms with Crippen LogP contribution in [0.4, 0.5) is 5.69 Å². The zero-order valence-electron chi connectivity index (χ0n) is 15.2. The molecule has 0 radical (unpaired) electrons. The largest absolute Gasteiger partial charge is 0.352 e. The number of hydrogen-bond donors (Lipinski definition) is 1. The zero-order valence-corrected chi connectivity index (χ0v) is 15.2. The fourth-order valence-corrected chi connectivity index (χ4v) is 3.56. The number of aromatic nitrogens is 1. The molecule has 1 aliphatic heterocycles. The van der Waals surface area contributed by atoms with E-state index in [9.17, 15) is 9.59 Å². The summed E-state index contributed by atoms with van der Waals surface area (Å²) in [5.74, 6) is -0.466. The molecule has 0 aliphatic carbocycles. The number of aryl methyl sites for hydroxylation is 1. The van der Waals surface area contributed by atoms with Crippen LogP contribution >= 0.6 is 0 Å². The number of nitrogens with one attached hydrogen (secondary N) is 1. The van der Waals surface area contributed by atoms with Crippen molar-refractivity contribution in [3.63, 3.8) is 0 Å². The van der Waals surface area contributed by atoms with Crippen LogP contribution in [0.5, 0.6) is 0 Å². The third kappa shape index (κ3) is 3.40. The summed E-state index contributed by atoms with van der Waals surface area (Å²) in [4.78, 5) is 31.3. The SMILES string of the molecule is Cc1ccccc1CNC(=O)C1CC(=O)N(c2cccc3cccnc23)C1. The van der Waals surface area contributed by atoms with E-state index in [0.717, 1.165) is 27.7 Å². The monoisotopic (exact) mass is 359 g/mol. The minimum absolute atomic E-state index is 0.0378. The van der Waals surface area contributed by atoms with Crippen molar-refractivity contribution in [2.24, 2.45) is 5.92 Å². The van der Waals surface area contributed by atoms with Crippen LogP contribution in [0.25, 0.3) is 10.9 Å². The van der Waals surface area contributed by atoms with Crippen LogP contribution in [0.2, 0.25) is 0 Å². The molecule has 5 nitrogen and oxygen atoms in total. The Morgan fingerprint density at radius 3 is 2.81 bits per heavy atom. The van der Waals surface area contributed by atoms with Crippen LogP contribution in [0.3, 0.4) is 0 Å². The highest BCUT2D eigenvalue weighted by molar-refractivity contribution is 6.05. The minimum atomic E-state index is -0.347. The highest BCUT2D eigenvalue weighted by Gasteiger charge is 2.35. The second kappa shape index (κ2) is 7.19. The molecule has 2 heterocycles. The van der Waals surface area contributed by atoms with E-state index in [1.807, 2.05) is 61.5 Å². The van der Waals surface area contributed by atoms with Gasteiger partial charge in [-0.25, -0.2) is 0 Å². The summed E-state index contributed by atoms with van der Waals surface area (Å²) in [6.45, 7) is 2.88. The first-order valence-electron chi connectivity index (χ1n) is 9.10. The zero-order chi connectivity index (χ0) is 18.8. The molecule has 1 fully saturated rings. The molecule has 0 saturated carbocycles. The fraction of sp³-hybridized carbons (Fsp3) is 0.227. The molecule has 2 aromatic carbocycles. The van der Waals surface area contributed by atoms with E-state index in [2.05, 4.69) is 10.3 Å². The van der Waals surface area contributed by atoms with E-state index in [1.165, 1.54) is 0 Å². The number of rotatable bonds is 4. The van der Waals surface area contributed by atoms with Gasteiger partial charge in [0.05, 0.1) is 17.1 Å². The van der Waals surface area contributed by atoms with E-state index in [1.54, 1.807) is 11.1 Å². The summed E-state index contributed by atoms with van der Waals surface area (Å²) >= 11 is 0. The number of benzene rings is 2. The maximum atomic E-state index is 12.6. The molecule has 136 valence electrons. The summed E-state index contributed by atoms with van der Waals surface area (Å²) in [5.41, 5.74) is 3.79. The number of hydrogen-bond acceptors (Lipinski definition) is 3. The molecule has 1 unspecified atom stereocenters. The first kappa shape index (κ1) is 17.2. The van der Waals surface area contributed by atoms with E-state index >= 15 is 0 Å². The maximum Gasteiger partial charge on any atom is 0.227 e. The van der Waals surface area contributed by atoms with E-state index in [0.29, 0.717) is 13.1 Å². The predicted molar refractivity (Wildman–Crippen MR) is 105 cm³/mol. The van der Waals surface area contributed by atoms with Crippen molar-refractivity contribution in [2.45, 2.75) is 19.9 Å². The molecule has 0 bridgehead atoms. The van der Waals surface area contributed by atoms with Gasteiger partial charge in [0.2, 0.25) is 11.8 Å². The molecule has 1 aromatic heterocycles. The van der Waals surface area contributed by atoms with Gasteiger partial charge >= 0.3 is 0 Å². The van der Waals surface area contributed by atoms with Gasteiger partial charge in [0, 0.05) is 31.1 Å². The smallest absolute Gasteiger partial charge is 0.227 e. The molecular formula is C22H21N3O2. The van der Waals surface area contributed by atoms with Crippen molar-refractivity contribution in [3.05, 3.63) is 71.9 Å². The van der Waals surface area contributed by atoms with E-state index in [4.69, 9.17) is 0 Å². The lowest BCUT2D eigenvalue weighted by Gasteiger charge is -2.18. The third-order valence-corrected chi connectivity index (χ3v) is 5.11. The molecule has 1 N–H and O–H groups in total. The second-order valence-corrected chi connectivity index (χ2v) is 6.90. The molecular weight excluding hydrogens is 338 g/mol. The Balaban J connectivity index is 1.49. The highest BCUT2D eigenvalue weighted by Crippen LogP contribution is 2.30. The maximum absolute atomic E-state index is 12.6. The van der Waals surface area contributed by atoms with Gasteiger partial charge < -0.3 is 10.2 Å². The van der Waals surface area contributed by atoms with Gasteiger partial charge in [-0.2, -0.15) is 0 Å². The number of para-hydroxylation sites is 1.